The number of ether oxygens (including phenoxy) is 1. The molecule has 0 atom stereocenters. The van der Waals surface area contributed by atoms with E-state index in [1.165, 1.54) is 0 Å². The fourth-order valence-corrected chi connectivity index (χ4v) is 2.54. The van der Waals surface area contributed by atoms with Crippen LogP contribution in [0, 0.1) is 0 Å². The Hall–Kier alpha value is -2.36. The van der Waals surface area contributed by atoms with Gasteiger partial charge in [-0.15, -0.1) is 0 Å². The number of aromatic nitrogens is 1. The summed E-state index contributed by atoms with van der Waals surface area (Å²) in [5.41, 5.74) is 4.06. The van der Waals surface area contributed by atoms with Gasteiger partial charge in [0.25, 0.3) is 0 Å². The lowest BCUT2D eigenvalue weighted by atomic mass is 10.1. The van der Waals surface area contributed by atoms with E-state index in [-0.39, 0.29) is 0 Å². The molecular weight excluding hydrogens is 252 g/mol. The van der Waals surface area contributed by atoms with Gasteiger partial charge in [-0.1, -0.05) is 23.4 Å². The van der Waals surface area contributed by atoms with E-state index >= 15 is 0 Å². The van der Waals surface area contributed by atoms with Gasteiger partial charge in [0.15, 0.2) is 0 Å². The molecule has 3 rings (SSSR count). The zero-order chi connectivity index (χ0) is 13.8. The van der Waals surface area contributed by atoms with Crippen molar-refractivity contribution < 1.29 is 9.94 Å². The third-order valence-electron chi connectivity index (χ3n) is 3.55. The van der Waals surface area contributed by atoms with Crippen molar-refractivity contribution >= 4 is 5.71 Å². The minimum Gasteiger partial charge on any atom is -0.493 e. The van der Waals surface area contributed by atoms with Gasteiger partial charge in [0.05, 0.1) is 12.3 Å². The minimum atomic E-state index is 0.619. The van der Waals surface area contributed by atoms with Crippen LogP contribution in [0.2, 0.25) is 0 Å². The fourth-order valence-electron chi connectivity index (χ4n) is 2.54. The molecule has 0 bridgehead atoms. The molecule has 4 nitrogen and oxygen atoms in total. The van der Waals surface area contributed by atoms with Crippen molar-refractivity contribution in [3.63, 3.8) is 0 Å². The molecule has 0 aliphatic heterocycles. The summed E-state index contributed by atoms with van der Waals surface area (Å²) in [5, 5.41) is 12.3. The van der Waals surface area contributed by atoms with Crippen molar-refractivity contribution in [2.24, 2.45) is 5.16 Å². The predicted molar refractivity (Wildman–Crippen MR) is 76.5 cm³/mol. The molecule has 0 radical (unpaired) electrons. The average Bonchev–Trinajstić information content (AvgIpc) is 2.92. The molecule has 0 amide bonds. The standard InChI is InChI=1S/C16H16N2O2/c19-18-15-7-6-14-13(15)4-1-5-16(14)20-10-8-12-3-2-9-17-11-12/h1-5,9,11,19H,6-8,10H2. The molecule has 1 aromatic heterocycles. The maximum Gasteiger partial charge on any atom is 0.123 e. The number of benzene rings is 1. The van der Waals surface area contributed by atoms with Crippen LogP contribution in [-0.4, -0.2) is 22.5 Å². The van der Waals surface area contributed by atoms with Crippen molar-refractivity contribution in [1.82, 2.24) is 4.98 Å². The van der Waals surface area contributed by atoms with Gasteiger partial charge in [-0.3, -0.25) is 4.98 Å². The van der Waals surface area contributed by atoms with E-state index in [0.29, 0.717) is 6.61 Å². The Bertz CT molecular complexity index is 624. The second-order valence-corrected chi connectivity index (χ2v) is 4.79. The van der Waals surface area contributed by atoms with Crippen LogP contribution in [0.15, 0.2) is 47.9 Å². The van der Waals surface area contributed by atoms with E-state index in [1.807, 2.05) is 36.5 Å². The molecule has 0 spiro atoms. The normalized spacial score (nSPS) is 15.3. The number of hydrogen-bond acceptors (Lipinski definition) is 4. The van der Waals surface area contributed by atoms with E-state index in [2.05, 4.69) is 10.1 Å². The summed E-state index contributed by atoms with van der Waals surface area (Å²) in [5.74, 6) is 0.894. The molecule has 2 aromatic rings. The van der Waals surface area contributed by atoms with Crippen LogP contribution in [0.5, 0.6) is 5.75 Å². The molecule has 0 unspecified atom stereocenters. The monoisotopic (exact) mass is 268 g/mol. The van der Waals surface area contributed by atoms with Crippen LogP contribution in [0.3, 0.4) is 0 Å². The Morgan fingerprint density at radius 2 is 2.15 bits per heavy atom. The van der Waals surface area contributed by atoms with E-state index in [1.54, 1.807) is 6.20 Å². The summed E-state index contributed by atoms with van der Waals surface area (Å²) in [6.07, 6.45) is 6.10. The highest BCUT2D eigenvalue weighted by Crippen LogP contribution is 2.30. The first-order chi connectivity index (χ1) is 9.88. The first-order valence-corrected chi connectivity index (χ1v) is 6.73. The van der Waals surface area contributed by atoms with Gasteiger partial charge in [0.1, 0.15) is 5.75 Å². The second kappa shape index (κ2) is 5.74. The van der Waals surface area contributed by atoms with E-state index in [0.717, 1.165) is 47.4 Å². The van der Waals surface area contributed by atoms with Crippen LogP contribution in [0.25, 0.3) is 0 Å². The molecule has 0 saturated heterocycles. The van der Waals surface area contributed by atoms with Crippen molar-refractivity contribution in [1.29, 1.82) is 0 Å². The Morgan fingerprint density at radius 1 is 1.20 bits per heavy atom. The molecule has 102 valence electrons. The molecule has 1 aliphatic carbocycles. The zero-order valence-electron chi connectivity index (χ0n) is 11.1. The third kappa shape index (κ3) is 2.50. The van der Waals surface area contributed by atoms with Crippen molar-refractivity contribution in [3.8, 4) is 5.75 Å². The number of oxime groups is 1. The highest BCUT2D eigenvalue weighted by molar-refractivity contribution is 6.04. The summed E-state index contributed by atoms with van der Waals surface area (Å²) in [4.78, 5) is 4.09. The third-order valence-corrected chi connectivity index (χ3v) is 3.55. The molecule has 20 heavy (non-hydrogen) atoms. The number of fused-ring (bicyclic) bond motifs is 1. The zero-order valence-corrected chi connectivity index (χ0v) is 11.1. The molecule has 0 fully saturated rings. The fraction of sp³-hybridized carbons (Fsp3) is 0.250. The Balaban J connectivity index is 1.69. The Morgan fingerprint density at radius 3 is 2.95 bits per heavy atom. The van der Waals surface area contributed by atoms with Crippen LogP contribution in [0.1, 0.15) is 23.1 Å². The summed E-state index contributed by atoms with van der Waals surface area (Å²) in [6.45, 7) is 0.619. The number of nitrogens with zero attached hydrogens (tertiary/aromatic N) is 2. The molecule has 1 aromatic carbocycles. The summed E-state index contributed by atoms with van der Waals surface area (Å²) in [7, 11) is 0. The number of pyridine rings is 1. The molecule has 1 heterocycles. The van der Waals surface area contributed by atoms with E-state index in [9.17, 15) is 0 Å². The number of hydrogen-bond donors (Lipinski definition) is 1. The molecule has 1 aliphatic rings. The minimum absolute atomic E-state index is 0.619. The van der Waals surface area contributed by atoms with Crippen LogP contribution >= 0.6 is 0 Å². The summed E-state index contributed by atoms with van der Waals surface area (Å²) < 4.78 is 5.88. The van der Waals surface area contributed by atoms with Crippen LogP contribution < -0.4 is 4.74 Å². The van der Waals surface area contributed by atoms with Gasteiger partial charge in [-0.25, -0.2) is 0 Å². The average molecular weight is 268 g/mol. The van der Waals surface area contributed by atoms with Crippen LogP contribution in [-0.2, 0) is 12.8 Å². The lowest BCUT2D eigenvalue weighted by Crippen LogP contribution is -2.04. The Kier molecular flexibility index (Phi) is 3.63. The first kappa shape index (κ1) is 12.7. The molecular formula is C16H16N2O2. The lowest BCUT2D eigenvalue weighted by molar-refractivity contribution is 0.318. The summed E-state index contributed by atoms with van der Waals surface area (Å²) in [6, 6.07) is 9.87. The maximum absolute atomic E-state index is 8.97. The smallest absolute Gasteiger partial charge is 0.123 e. The SMILES string of the molecule is ON=C1CCc2c(OCCc3cccnc3)cccc21. The molecule has 1 N–H and O–H groups in total. The van der Waals surface area contributed by atoms with Gasteiger partial charge in [0.2, 0.25) is 0 Å². The first-order valence-electron chi connectivity index (χ1n) is 6.73. The van der Waals surface area contributed by atoms with Gasteiger partial charge in [0, 0.05) is 29.9 Å². The second-order valence-electron chi connectivity index (χ2n) is 4.79. The Labute approximate surface area is 117 Å². The van der Waals surface area contributed by atoms with Gasteiger partial charge >= 0.3 is 0 Å². The van der Waals surface area contributed by atoms with Crippen molar-refractivity contribution in [3.05, 3.63) is 59.4 Å². The summed E-state index contributed by atoms with van der Waals surface area (Å²) >= 11 is 0. The van der Waals surface area contributed by atoms with E-state index < -0.39 is 0 Å². The van der Waals surface area contributed by atoms with Gasteiger partial charge in [-0.05, 0) is 30.5 Å². The molecule has 4 heteroatoms. The quantitative estimate of drug-likeness (QED) is 0.685. The highest BCUT2D eigenvalue weighted by Gasteiger charge is 2.21. The largest absolute Gasteiger partial charge is 0.493 e. The van der Waals surface area contributed by atoms with Crippen molar-refractivity contribution in [2.75, 3.05) is 6.61 Å². The highest BCUT2D eigenvalue weighted by atomic mass is 16.5. The van der Waals surface area contributed by atoms with E-state index in [4.69, 9.17) is 9.94 Å². The van der Waals surface area contributed by atoms with Crippen LogP contribution in [0.4, 0.5) is 0 Å². The molecule has 0 saturated carbocycles. The predicted octanol–water partition coefficient (Wildman–Crippen LogP) is 2.83. The lowest BCUT2D eigenvalue weighted by Gasteiger charge is -2.10. The van der Waals surface area contributed by atoms with Crippen molar-refractivity contribution in [2.45, 2.75) is 19.3 Å². The topological polar surface area (TPSA) is 54.7 Å². The number of rotatable bonds is 4. The van der Waals surface area contributed by atoms with Gasteiger partial charge in [-0.2, -0.15) is 0 Å². The van der Waals surface area contributed by atoms with Gasteiger partial charge < -0.3 is 9.94 Å². The maximum atomic E-state index is 8.97.